The van der Waals surface area contributed by atoms with E-state index in [0.29, 0.717) is 39.4 Å². The summed E-state index contributed by atoms with van der Waals surface area (Å²) in [5, 5.41) is 18.2. The molecule has 1 saturated carbocycles. The van der Waals surface area contributed by atoms with Gasteiger partial charge >= 0.3 is 0 Å². The molecule has 0 unspecified atom stereocenters. The minimum absolute atomic E-state index is 0.0712. The van der Waals surface area contributed by atoms with Crippen molar-refractivity contribution in [3.05, 3.63) is 58.5 Å². The molecule has 3 heterocycles. The van der Waals surface area contributed by atoms with Gasteiger partial charge < -0.3 is 25.2 Å². The molecular weight excluding hydrogens is 495 g/mol. The van der Waals surface area contributed by atoms with Gasteiger partial charge in [0, 0.05) is 23.1 Å². The Balaban J connectivity index is 1.45. The summed E-state index contributed by atoms with van der Waals surface area (Å²) >= 11 is 1.12. The molecule has 2 aliphatic rings. The molecule has 10 heteroatoms. The summed E-state index contributed by atoms with van der Waals surface area (Å²) in [5.41, 5.74) is 0.725. The Morgan fingerprint density at radius 1 is 1.35 bits per heavy atom. The SMILES string of the molecule is COc1ncc(C(=O)NC[C@](C)(O)c2cc3c(c(-c4ccc(F)cc4)n2)OC[C@]3(C)CNCC2CC2)s1. The van der Waals surface area contributed by atoms with E-state index >= 15 is 0 Å². The number of aromatic nitrogens is 2. The number of carbonyl (C=O) groups is 1. The summed E-state index contributed by atoms with van der Waals surface area (Å²) < 4.78 is 24.9. The number of nitrogens with one attached hydrogen (secondary N) is 2. The summed E-state index contributed by atoms with van der Waals surface area (Å²) in [7, 11) is 1.49. The summed E-state index contributed by atoms with van der Waals surface area (Å²) in [5.74, 6) is 0.679. The largest absolute Gasteiger partial charge is 0.490 e. The summed E-state index contributed by atoms with van der Waals surface area (Å²) in [6, 6.07) is 7.93. The lowest BCUT2D eigenvalue weighted by molar-refractivity contribution is 0.0490. The van der Waals surface area contributed by atoms with Crippen molar-refractivity contribution in [2.45, 2.75) is 37.7 Å². The van der Waals surface area contributed by atoms with E-state index in [-0.39, 0.29) is 23.7 Å². The number of nitrogens with zero attached hydrogens (tertiary/aromatic N) is 2. The van der Waals surface area contributed by atoms with Gasteiger partial charge in [0.1, 0.15) is 27.7 Å². The molecule has 1 aromatic carbocycles. The zero-order valence-electron chi connectivity index (χ0n) is 21.1. The van der Waals surface area contributed by atoms with Crippen LogP contribution in [0.25, 0.3) is 11.3 Å². The Morgan fingerprint density at radius 2 is 2.11 bits per heavy atom. The maximum Gasteiger partial charge on any atom is 0.273 e. The molecule has 3 aromatic rings. The second-order valence-corrected chi connectivity index (χ2v) is 11.3. The van der Waals surface area contributed by atoms with Crippen LogP contribution in [0.5, 0.6) is 10.9 Å². The maximum absolute atomic E-state index is 13.7. The molecule has 3 N–H and O–H groups in total. The zero-order valence-corrected chi connectivity index (χ0v) is 22.0. The molecule has 37 heavy (non-hydrogen) atoms. The fourth-order valence-corrected chi connectivity index (χ4v) is 5.07. The molecule has 0 saturated heterocycles. The normalized spacial score (nSPS) is 20.1. The number of hydrogen-bond donors (Lipinski definition) is 3. The van der Waals surface area contributed by atoms with Crippen molar-refractivity contribution in [3.63, 3.8) is 0 Å². The van der Waals surface area contributed by atoms with Gasteiger partial charge in [-0.05, 0) is 62.6 Å². The molecule has 0 radical (unpaired) electrons. The van der Waals surface area contributed by atoms with Gasteiger partial charge in [0.2, 0.25) is 0 Å². The van der Waals surface area contributed by atoms with E-state index < -0.39 is 5.60 Å². The van der Waals surface area contributed by atoms with E-state index in [2.05, 4.69) is 22.5 Å². The van der Waals surface area contributed by atoms with Crippen LogP contribution in [0.3, 0.4) is 0 Å². The Labute approximate surface area is 219 Å². The molecule has 5 rings (SSSR count). The second kappa shape index (κ2) is 10.00. The quantitative estimate of drug-likeness (QED) is 0.370. The third-order valence-corrected chi connectivity index (χ3v) is 7.91. The number of rotatable bonds is 10. The highest BCUT2D eigenvalue weighted by Gasteiger charge is 2.41. The molecular formula is C27H31FN4O4S. The standard InChI is InChI=1S/C27H31FN4O4S/c1-26(13-29-11-16-4-5-16)15-36-23-19(26)10-21(32-22(23)17-6-8-18(28)9-7-17)27(2,34)14-31-24(33)20-12-30-25(35-3)37-20/h6-10,12,16,29,34H,4-5,11,13-15H2,1-3H3,(H,31,33)/t26-,27-/m0/s1. The first-order chi connectivity index (χ1) is 17.7. The number of benzene rings is 1. The summed E-state index contributed by atoms with van der Waals surface area (Å²) in [6.45, 7) is 5.82. The Hall–Kier alpha value is -3.08. The van der Waals surface area contributed by atoms with Crippen LogP contribution in [0.2, 0.25) is 0 Å². The Kier molecular flexibility index (Phi) is 6.91. The minimum Gasteiger partial charge on any atom is -0.490 e. The first-order valence-electron chi connectivity index (χ1n) is 12.3. The molecule has 1 amide bonds. The number of ether oxygens (including phenoxy) is 2. The molecule has 2 atom stereocenters. The van der Waals surface area contributed by atoms with Crippen molar-refractivity contribution >= 4 is 17.2 Å². The predicted octanol–water partition coefficient (Wildman–Crippen LogP) is 3.64. The average molecular weight is 527 g/mol. The molecule has 1 aliphatic heterocycles. The van der Waals surface area contributed by atoms with Crippen molar-refractivity contribution in [1.82, 2.24) is 20.6 Å². The lowest BCUT2D eigenvalue weighted by atomic mass is 9.82. The van der Waals surface area contributed by atoms with Gasteiger partial charge in [0.15, 0.2) is 0 Å². The molecule has 0 bridgehead atoms. The molecule has 1 aliphatic carbocycles. The third kappa shape index (κ3) is 5.46. The Morgan fingerprint density at radius 3 is 2.78 bits per heavy atom. The first-order valence-corrected chi connectivity index (χ1v) is 13.2. The first kappa shape index (κ1) is 25.6. The topological polar surface area (TPSA) is 106 Å². The van der Waals surface area contributed by atoms with Crippen LogP contribution in [-0.4, -0.2) is 54.3 Å². The van der Waals surface area contributed by atoms with Crippen LogP contribution < -0.4 is 20.1 Å². The van der Waals surface area contributed by atoms with Crippen molar-refractivity contribution in [2.24, 2.45) is 5.92 Å². The minimum atomic E-state index is -1.49. The molecule has 1 fully saturated rings. The predicted molar refractivity (Wildman–Crippen MR) is 139 cm³/mol. The highest BCUT2D eigenvalue weighted by atomic mass is 32.1. The highest BCUT2D eigenvalue weighted by molar-refractivity contribution is 7.15. The monoisotopic (exact) mass is 526 g/mol. The van der Waals surface area contributed by atoms with E-state index in [4.69, 9.17) is 14.5 Å². The number of pyridine rings is 1. The van der Waals surface area contributed by atoms with Crippen LogP contribution in [0.1, 0.15) is 47.6 Å². The van der Waals surface area contributed by atoms with Crippen LogP contribution in [-0.2, 0) is 11.0 Å². The number of carbonyl (C=O) groups excluding carboxylic acids is 1. The van der Waals surface area contributed by atoms with Gasteiger partial charge in [-0.1, -0.05) is 18.3 Å². The van der Waals surface area contributed by atoms with Crippen LogP contribution >= 0.6 is 11.3 Å². The third-order valence-electron chi connectivity index (χ3n) is 6.95. The number of hydrogen-bond acceptors (Lipinski definition) is 8. The van der Waals surface area contributed by atoms with Crippen molar-refractivity contribution in [2.75, 3.05) is 33.4 Å². The van der Waals surface area contributed by atoms with E-state index in [1.165, 1.54) is 38.3 Å². The van der Waals surface area contributed by atoms with Gasteiger partial charge in [0.05, 0.1) is 32.2 Å². The average Bonchev–Trinajstić information content (AvgIpc) is 3.47. The van der Waals surface area contributed by atoms with Crippen molar-refractivity contribution in [3.8, 4) is 22.2 Å². The lowest BCUT2D eigenvalue weighted by Gasteiger charge is -2.27. The smallest absolute Gasteiger partial charge is 0.273 e. The van der Waals surface area contributed by atoms with E-state index in [9.17, 15) is 14.3 Å². The van der Waals surface area contributed by atoms with Crippen molar-refractivity contribution < 1.29 is 23.8 Å². The second-order valence-electron chi connectivity index (χ2n) is 10.3. The maximum atomic E-state index is 13.7. The number of aliphatic hydroxyl groups is 1. The fraction of sp³-hybridized carbons (Fsp3) is 0.444. The number of methoxy groups -OCH3 is 1. The van der Waals surface area contributed by atoms with Gasteiger partial charge in [0.25, 0.3) is 11.1 Å². The molecule has 8 nitrogen and oxygen atoms in total. The molecule has 0 spiro atoms. The van der Waals surface area contributed by atoms with Gasteiger partial charge in [-0.2, -0.15) is 0 Å². The van der Waals surface area contributed by atoms with Gasteiger partial charge in [-0.25, -0.2) is 14.4 Å². The summed E-state index contributed by atoms with van der Waals surface area (Å²) in [4.78, 5) is 21.8. The highest BCUT2D eigenvalue weighted by Crippen LogP contribution is 2.45. The van der Waals surface area contributed by atoms with Crippen LogP contribution in [0, 0.1) is 11.7 Å². The van der Waals surface area contributed by atoms with Crippen molar-refractivity contribution in [1.29, 1.82) is 0 Å². The van der Waals surface area contributed by atoms with Crippen LogP contribution in [0.15, 0.2) is 36.5 Å². The Bertz CT molecular complexity index is 1290. The van der Waals surface area contributed by atoms with Crippen LogP contribution in [0.4, 0.5) is 4.39 Å². The lowest BCUT2D eigenvalue weighted by Crippen LogP contribution is -2.40. The summed E-state index contributed by atoms with van der Waals surface area (Å²) in [6.07, 6.45) is 3.97. The van der Waals surface area contributed by atoms with Gasteiger partial charge in [-0.15, -0.1) is 0 Å². The zero-order chi connectivity index (χ0) is 26.2. The number of thiazole rings is 1. The fourth-order valence-electron chi connectivity index (χ4n) is 4.42. The van der Waals surface area contributed by atoms with E-state index in [0.717, 1.165) is 35.9 Å². The number of fused-ring (bicyclic) bond motifs is 1. The number of amides is 1. The van der Waals surface area contributed by atoms with Gasteiger partial charge in [-0.3, -0.25) is 4.79 Å². The molecule has 196 valence electrons. The van der Waals surface area contributed by atoms with E-state index in [1.807, 2.05) is 6.07 Å². The number of halogens is 1. The molecule has 2 aromatic heterocycles. The van der Waals surface area contributed by atoms with E-state index in [1.54, 1.807) is 19.1 Å².